The molecule has 0 spiro atoms. The van der Waals surface area contributed by atoms with Crippen molar-refractivity contribution in [3.63, 3.8) is 0 Å². The average molecular weight is 344 g/mol. The van der Waals surface area contributed by atoms with Crippen LogP contribution in [0.5, 0.6) is 0 Å². The van der Waals surface area contributed by atoms with E-state index in [1.807, 2.05) is 50.8 Å². The van der Waals surface area contributed by atoms with Crippen molar-refractivity contribution in [1.29, 1.82) is 0 Å². The minimum absolute atomic E-state index is 0.0550. The summed E-state index contributed by atoms with van der Waals surface area (Å²) in [5, 5.41) is 2.92. The van der Waals surface area contributed by atoms with Crippen molar-refractivity contribution >= 4 is 17.3 Å². The summed E-state index contributed by atoms with van der Waals surface area (Å²) < 4.78 is 1.70. The smallest absolute Gasteiger partial charge is 0.287 e. The number of nitrogens with one attached hydrogen (secondary N) is 1. The SMILES string of the molecule is CCCN(CCC)C(=O)c1nc(C(=O)NC(C)CC)n2ccccc12. The van der Waals surface area contributed by atoms with Crippen molar-refractivity contribution in [2.24, 2.45) is 0 Å². The zero-order valence-electron chi connectivity index (χ0n) is 15.6. The fraction of sp³-hybridized carbons (Fsp3) is 0.526. The van der Waals surface area contributed by atoms with Crippen molar-refractivity contribution in [3.8, 4) is 0 Å². The molecule has 1 atom stereocenters. The van der Waals surface area contributed by atoms with Gasteiger partial charge in [0.15, 0.2) is 5.69 Å². The third-order valence-electron chi connectivity index (χ3n) is 4.22. The molecule has 2 amide bonds. The Hall–Kier alpha value is -2.37. The molecule has 0 saturated heterocycles. The van der Waals surface area contributed by atoms with E-state index in [0.29, 0.717) is 24.3 Å². The summed E-state index contributed by atoms with van der Waals surface area (Å²) >= 11 is 0. The molecule has 2 rings (SSSR count). The van der Waals surface area contributed by atoms with Crippen LogP contribution in [0.3, 0.4) is 0 Å². The summed E-state index contributed by atoms with van der Waals surface area (Å²) in [5.74, 6) is -0.116. The van der Waals surface area contributed by atoms with Gasteiger partial charge in [-0.25, -0.2) is 4.98 Å². The number of carbonyl (C=O) groups excluding carboxylic acids is 2. The molecule has 2 heterocycles. The maximum atomic E-state index is 13.0. The van der Waals surface area contributed by atoms with E-state index in [0.717, 1.165) is 19.3 Å². The maximum absolute atomic E-state index is 13.0. The second kappa shape index (κ2) is 8.65. The summed E-state index contributed by atoms with van der Waals surface area (Å²) in [7, 11) is 0. The lowest BCUT2D eigenvalue weighted by atomic mass is 10.2. The van der Waals surface area contributed by atoms with Crippen LogP contribution in [-0.4, -0.2) is 45.2 Å². The quantitative estimate of drug-likeness (QED) is 0.800. The van der Waals surface area contributed by atoms with Gasteiger partial charge < -0.3 is 10.2 Å². The van der Waals surface area contributed by atoms with Gasteiger partial charge in [-0.2, -0.15) is 0 Å². The van der Waals surface area contributed by atoms with Gasteiger partial charge in [0.1, 0.15) is 0 Å². The molecule has 136 valence electrons. The molecule has 6 nitrogen and oxygen atoms in total. The zero-order valence-corrected chi connectivity index (χ0v) is 15.6. The molecule has 1 N–H and O–H groups in total. The second-order valence-electron chi connectivity index (χ2n) is 6.31. The lowest BCUT2D eigenvalue weighted by Crippen LogP contribution is -2.34. The van der Waals surface area contributed by atoms with Crippen LogP contribution in [0.2, 0.25) is 0 Å². The first-order valence-corrected chi connectivity index (χ1v) is 9.10. The first kappa shape index (κ1) is 19.0. The summed E-state index contributed by atoms with van der Waals surface area (Å²) in [5.41, 5.74) is 1.01. The summed E-state index contributed by atoms with van der Waals surface area (Å²) in [6.45, 7) is 9.43. The van der Waals surface area contributed by atoms with Crippen LogP contribution in [0.25, 0.3) is 5.52 Å². The Kier molecular flexibility index (Phi) is 6.56. The van der Waals surface area contributed by atoms with Crippen LogP contribution in [0.1, 0.15) is 68.1 Å². The number of nitrogens with zero attached hydrogens (tertiary/aromatic N) is 3. The lowest BCUT2D eigenvalue weighted by Gasteiger charge is -2.20. The van der Waals surface area contributed by atoms with E-state index < -0.39 is 0 Å². The molecule has 0 radical (unpaired) electrons. The standard InChI is InChI=1S/C19H28N4O2/c1-5-11-22(12-6-2)19(25)16-15-10-8-9-13-23(15)17(21-16)18(24)20-14(4)7-3/h8-10,13-14H,5-7,11-12H2,1-4H3,(H,20,24). The molecule has 0 aliphatic carbocycles. The van der Waals surface area contributed by atoms with Crippen molar-refractivity contribution in [3.05, 3.63) is 35.9 Å². The highest BCUT2D eigenvalue weighted by molar-refractivity contribution is 6.02. The van der Waals surface area contributed by atoms with Gasteiger partial charge in [0.2, 0.25) is 5.82 Å². The Bertz CT molecular complexity index is 732. The molecule has 0 aromatic carbocycles. The van der Waals surface area contributed by atoms with Gasteiger partial charge in [0.05, 0.1) is 5.52 Å². The monoisotopic (exact) mass is 344 g/mol. The van der Waals surface area contributed by atoms with Crippen molar-refractivity contribution in [1.82, 2.24) is 19.6 Å². The highest BCUT2D eigenvalue weighted by Crippen LogP contribution is 2.16. The Morgan fingerprint density at radius 2 is 1.88 bits per heavy atom. The van der Waals surface area contributed by atoms with Gasteiger partial charge in [0.25, 0.3) is 11.8 Å². The normalized spacial score (nSPS) is 12.2. The topological polar surface area (TPSA) is 66.7 Å². The first-order valence-electron chi connectivity index (χ1n) is 9.10. The second-order valence-corrected chi connectivity index (χ2v) is 6.31. The lowest BCUT2D eigenvalue weighted by molar-refractivity contribution is 0.0752. The van der Waals surface area contributed by atoms with Gasteiger partial charge in [-0.3, -0.25) is 14.0 Å². The predicted octanol–water partition coefficient (Wildman–Crippen LogP) is 3.12. The van der Waals surface area contributed by atoms with E-state index in [-0.39, 0.29) is 23.7 Å². The van der Waals surface area contributed by atoms with Gasteiger partial charge in [-0.05, 0) is 38.3 Å². The Labute approximate surface area is 149 Å². The maximum Gasteiger partial charge on any atom is 0.287 e. The van der Waals surface area contributed by atoms with Crippen LogP contribution >= 0.6 is 0 Å². The number of aromatic nitrogens is 2. The Morgan fingerprint density at radius 1 is 1.20 bits per heavy atom. The van der Waals surface area contributed by atoms with Gasteiger partial charge in [0, 0.05) is 25.3 Å². The van der Waals surface area contributed by atoms with Crippen LogP contribution in [0, 0.1) is 0 Å². The molecule has 0 fully saturated rings. The van der Waals surface area contributed by atoms with E-state index in [1.54, 1.807) is 10.6 Å². The number of imidazole rings is 1. The van der Waals surface area contributed by atoms with Crippen molar-refractivity contribution in [2.45, 2.75) is 53.0 Å². The Morgan fingerprint density at radius 3 is 2.48 bits per heavy atom. The van der Waals surface area contributed by atoms with E-state index >= 15 is 0 Å². The van der Waals surface area contributed by atoms with Gasteiger partial charge >= 0.3 is 0 Å². The number of pyridine rings is 1. The fourth-order valence-corrected chi connectivity index (χ4v) is 2.75. The molecular formula is C19H28N4O2. The molecule has 2 aromatic heterocycles. The third-order valence-corrected chi connectivity index (χ3v) is 4.22. The number of amides is 2. The highest BCUT2D eigenvalue weighted by Gasteiger charge is 2.24. The third kappa shape index (κ3) is 4.18. The minimum Gasteiger partial charge on any atom is -0.347 e. The Balaban J connectivity index is 2.44. The van der Waals surface area contributed by atoms with Crippen LogP contribution in [-0.2, 0) is 0 Å². The van der Waals surface area contributed by atoms with Gasteiger partial charge in [-0.1, -0.05) is 26.8 Å². The zero-order chi connectivity index (χ0) is 18.4. The molecule has 0 aliphatic rings. The molecule has 0 bridgehead atoms. The van der Waals surface area contributed by atoms with Gasteiger partial charge in [-0.15, -0.1) is 0 Å². The van der Waals surface area contributed by atoms with Crippen LogP contribution in [0.15, 0.2) is 24.4 Å². The molecular weight excluding hydrogens is 316 g/mol. The van der Waals surface area contributed by atoms with Crippen molar-refractivity contribution < 1.29 is 9.59 Å². The van der Waals surface area contributed by atoms with E-state index in [9.17, 15) is 9.59 Å². The van der Waals surface area contributed by atoms with Crippen LogP contribution < -0.4 is 5.32 Å². The number of hydrogen-bond donors (Lipinski definition) is 1. The first-order chi connectivity index (χ1) is 12.0. The minimum atomic E-state index is -0.257. The number of rotatable bonds is 8. The highest BCUT2D eigenvalue weighted by atomic mass is 16.2. The summed E-state index contributed by atoms with van der Waals surface area (Å²) in [6, 6.07) is 5.57. The molecule has 1 unspecified atom stereocenters. The molecule has 0 saturated carbocycles. The fourth-order valence-electron chi connectivity index (χ4n) is 2.75. The predicted molar refractivity (Wildman–Crippen MR) is 98.9 cm³/mol. The number of hydrogen-bond acceptors (Lipinski definition) is 3. The van der Waals surface area contributed by atoms with E-state index in [4.69, 9.17) is 0 Å². The molecule has 2 aromatic rings. The summed E-state index contributed by atoms with van der Waals surface area (Å²) in [4.78, 5) is 31.8. The average Bonchev–Trinajstić information content (AvgIpc) is 3.00. The molecule has 25 heavy (non-hydrogen) atoms. The largest absolute Gasteiger partial charge is 0.347 e. The summed E-state index contributed by atoms with van der Waals surface area (Å²) in [6.07, 6.45) is 4.38. The van der Waals surface area contributed by atoms with E-state index in [1.165, 1.54) is 0 Å². The van der Waals surface area contributed by atoms with Crippen LogP contribution in [0.4, 0.5) is 0 Å². The molecule has 6 heteroatoms. The van der Waals surface area contributed by atoms with Crippen molar-refractivity contribution in [2.75, 3.05) is 13.1 Å². The van der Waals surface area contributed by atoms with E-state index in [2.05, 4.69) is 10.3 Å². The molecule has 0 aliphatic heterocycles. The number of fused-ring (bicyclic) bond motifs is 1. The number of carbonyl (C=O) groups is 2.